The Labute approximate surface area is 113 Å². The van der Waals surface area contributed by atoms with Crippen molar-refractivity contribution in [2.24, 2.45) is 0 Å². The summed E-state index contributed by atoms with van der Waals surface area (Å²) in [5.41, 5.74) is 7.13. The summed E-state index contributed by atoms with van der Waals surface area (Å²) in [5.74, 6) is 0. The Balaban J connectivity index is 2.13. The number of aryl methyl sites for hydroxylation is 2. The van der Waals surface area contributed by atoms with Crippen molar-refractivity contribution in [2.75, 3.05) is 0 Å². The van der Waals surface area contributed by atoms with Crippen molar-refractivity contribution in [1.82, 2.24) is 4.57 Å². The zero-order chi connectivity index (χ0) is 12.8. The minimum atomic E-state index is 1.16. The summed E-state index contributed by atoms with van der Waals surface area (Å²) in [6.07, 6.45) is 2.48. The summed E-state index contributed by atoms with van der Waals surface area (Å²) < 4.78 is 2.51. The molecule has 0 aliphatic carbocycles. The molecule has 1 aliphatic heterocycles. The number of aromatic nitrogens is 1. The third-order valence-electron chi connectivity index (χ3n) is 4.32. The lowest BCUT2D eigenvalue weighted by Gasteiger charge is -2.16. The van der Waals surface area contributed by atoms with Crippen molar-refractivity contribution in [2.45, 2.75) is 26.3 Å². The van der Waals surface area contributed by atoms with Gasteiger partial charge in [0.15, 0.2) is 0 Å². The number of hydrogen-bond acceptors (Lipinski definition) is 0. The maximum absolute atomic E-state index is 2.51. The molecule has 0 unspecified atom stereocenters. The fourth-order valence-electron chi connectivity index (χ4n) is 3.49. The number of para-hydroxylation sites is 1. The van der Waals surface area contributed by atoms with Gasteiger partial charge in [-0.3, -0.25) is 0 Å². The van der Waals surface area contributed by atoms with E-state index in [-0.39, 0.29) is 0 Å². The smallest absolute Gasteiger partial charge is 0.0521 e. The van der Waals surface area contributed by atoms with Crippen LogP contribution in [0.3, 0.4) is 0 Å². The van der Waals surface area contributed by atoms with Crippen molar-refractivity contribution < 1.29 is 0 Å². The third kappa shape index (κ3) is 1.48. The van der Waals surface area contributed by atoms with Crippen LogP contribution in [-0.2, 0) is 13.0 Å². The Morgan fingerprint density at radius 3 is 2.63 bits per heavy atom. The lowest BCUT2D eigenvalue weighted by molar-refractivity contribution is 0.624. The van der Waals surface area contributed by atoms with Crippen LogP contribution in [0.1, 0.15) is 17.7 Å². The van der Waals surface area contributed by atoms with Crippen molar-refractivity contribution >= 4 is 10.9 Å². The fourth-order valence-corrected chi connectivity index (χ4v) is 3.49. The molecule has 1 aromatic heterocycles. The maximum Gasteiger partial charge on any atom is 0.0521 e. The lowest BCUT2D eigenvalue weighted by atomic mass is 9.99. The van der Waals surface area contributed by atoms with E-state index in [0.29, 0.717) is 0 Å². The standard InChI is InChI=1S/C18H17N/c1-13-17(14-7-3-2-4-8-14)16-11-5-9-15-10-6-12-19(13)18(15)16/h2-5,7-9,11H,6,10,12H2,1H3. The number of hydrogen-bond donors (Lipinski definition) is 0. The highest BCUT2D eigenvalue weighted by Crippen LogP contribution is 2.38. The molecule has 1 nitrogen and oxygen atoms in total. The zero-order valence-electron chi connectivity index (χ0n) is 11.2. The Morgan fingerprint density at radius 1 is 0.947 bits per heavy atom. The van der Waals surface area contributed by atoms with E-state index in [1.807, 2.05) is 0 Å². The van der Waals surface area contributed by atoms with Crippen LogP contribution >= 0.6 is 0 Å². The van der Waals surface area contributed by atoms with Crippen LogP contribution in [0.25, 0.3) is 22.0 Å². The first-order valence-corrected chi connectivity index (χ1v) is 7.02. The van der Waals surface area contributed by atoms with E-state index in [1.54, 1.807) is 0 Å². The van der Waals surface area contributed by atoms with Gasteiger partial charge in [0.25, 0.3) is 0 Å². The molecule has 0 bridgehead atoms. The third-order valence-corrected chi connectivity index (χ3v) is 4.32. The predicted molar refractivity (Wildman–Crippen MR) is 80.4 cm³/mol. The largest absolute Gasteiger partial charge is 0.344 e. The molecule has 0 N–H and O–H groups in total. The van der Waals surface area contributed by atoms with E-state index >= 15 is 0 Å². The van der Waals surface area contributed by atoms with Crippen LogP contribution in [0.15, 0.2) is 48.5 Å². The summed E-state index contributed by atoms with van der Waals surface area (Å²) in [6.45, 7) is 3.42. The second kappa shape index (κ2) is 3.99. The van der Waals surface area contributed by atoms with Crippen molar-refractivity contribution in [3.63, 3.8) is 0 Å². The predicted octanol–water partition coefficient (Wildman–Crippen LogP) is 4.56. The summed E-state index contributed by atoms with van der Waals surface area (Å²) in [4.78, 5) is 0. The second-order valence-corrected chi connectivity index (χ2v) is 5.39. The van der Waals surface area contributed by atoms with Crippen LogP contribution in [0.2, 0.25) is 0 Å². The number of nitrogens with zero attached hydrogens (tertiary/aromatic N) is 1. The van der Waals surface area contributed by atoms with Gasteiger partial charge in [-0.15, -0.1) is 0 Å². The van der Waals surface area contributed by atoms with Gasteiger partial charge < -0.3 is 4.57 Å². The first kappa shape index (κ1) is 10.9. The van der Waals surface area contributed by atoms with Crippen molar-refractivity contribution in [1.29, 1.82) is 0 Å². The van der Waals surface area contributed by atoms with Gasteiger partial charge in [-0.05, 0) is 30.9 Å². The summed E-state index contributed by atoms with van der Waals surface area (Å²) in [7, 11) is 0. The molecule has 4 rings (SSSR count). The van der Waals surface area contributed by atoms with E-state index in [4.69, 9.17) is 0 Å². The van der Waals surface area contributed by atoms with E-state index < -0.39 is 0 Å². The van der Waals surface area contributed by atoms with Crippen LogP contribution in [0, 0.1) is 6.92 Å². The summed E-state index contributed by atoms with van der Waals surface area (Å²) >= 11 is 0. The summed E-state index contributed by atoms with van der Waals surface area (Å²) in [6, 6.07) is 17.5. The minimum Gasteiger partial charge on any atom is -0.344 e. The maximum atomic E-state index is 2.51. The quantitative estimate of drug-likeness (QED) is 0.594. The first-order valence-electron chi connectivity index (χ1n) is 7.02. The molecular formula is C18H17N. The molecule has 0 spiro atoms. The molecule has 3 aromatic rings. The molecule has 19 heavy (non-hydrogen) atoms. The minimum absolute atomic E-state index is 1.16. The highest BCUT2D eigenvalue weighted by atomic mass is 15.0. The highest BCUT2D eigenvalue weighted by Gasteiger charge is 2.19. The van der Waals surface area contributed by atoms with Crippen LogP contribution in [0.5, 0.6) is 0 Å². The average Bonchev–Trinajstić information content (AvgIpc) is 2.76. The number of rotatable bonds is 1. The monoisotopic (exact) mass is 247 g/mol. The fraction of sp³-hybridized carbons (Fsp3) is 0.222. The van der Waals surface area contributed by atoms with Gasteiger partial charge in [-0.1, -0.05) is 48.5 Å². The molecule has 0 amide bonds. The normalized spacial score (nSPS) is 13.9. The SMILES string of the molecule is Cc1c(-c2ccccc2)c2cccc3c2n1CCC3. The summed E-state index contributed by atoms with van der Waals surface area (Å²) in [5, 5.41) is 1.42. The number of benzene rings is 2. The van der Waals surface area contributed by atoms with Crippen LogP contribution < -0.4 is 0 Å². The lowest BCUT2D eigenvalue weighted by Crippen LogP contribution is -2.08. The highest BCUT2D eigenvalue weighted by molar-refractivity contribution is 5.99. The van der Waals surface area contributed by atoms with Gasteiger partial charge in [-0.25, -0.2) is 0 Å². The van der Waals surface area contributed by atoms with Gasteiger partial charge in [0.1, 0.15) is 0 Å². The zero-order valence-corrected chi connectivity index (χ0v) is 11.2. The Morgan fingerprint density at radius 2 is 1.79 bits per heavy atom. The van der Waals surface area contributed by atoms with Gasteiger partial charge in [0.2, 0.25) is 0 Å². The molecule has 0 fully saturated rings. The molecular weight excluding hydrogens is 230 g/mol. The molecule has 1 heteroatoms. The molecule has 0 radical (unpaired) electrons. The molecule has 2 heterocycles. The first-order chi connectivity index (χ1) is 9.36. The molecule has 0 atom stereocenters. The van der Waals surface area contributed by atoms with E-state index in [1.165, 1.54) is 46.1 Å². The molecule has 0 saturated carbocycles. The Hall–Kier alpha value is -2.02. The Kier molecular flexibility index (Phi) is 2.28. The topological polar surface area (TPSA) is 4.93 Å². The van der Waals surface area contributed by atoms with E-state index in [2.05, 4.69) is 60.0 Å². The van der Waals surface area contributed by atoms with Crippen molar-refractivity contribution in [3.8, 4) is 11.1 Å². The second-order valence-electron chi connectivity index (χ2n) is 5.39. The van der Waals surface area contributed by atoms with Crippen LogP contribution in [0.4, 0.5) is 0 Å². The van der Waals surface area contributed by atoms with Crippen LogP contribution in [-0.4, -0.2) is 4.57 Å². The Bertz CT molecular complexity index is 750. The van der Waals surface area contributed by atoms with Gasteiger partial charge in [0.05, 0.1) is 5.52 Å². The van der Waals surface area contributed by atoms with Crippen molar-refractivity contribution in [3.05, 3.63) is 59.8 Å². The average molecular weight is 247 g/mol. The van der Waals surface area contributed by atoms with Gasteiger partial charge in [-0.2, -0.15) is 0 Å². The molecule has 94 valence electrons. The molecule has 2 aromatic carbocycles. The van der Waals surface area contributed by atoms with Gasteiger partial charge >= 0.3 is 0 Å². The molecule has 1 aliphatic rings. The molecule has 0 saturated heterocycles. The van der Waals surface area contributed by atoms with Gasteiger partial charge in [0, 0.05) is 23.2 Å². The van der Waals surface area contributed by atoms with E-state index in [9.17, 15) is 0 Å². The van der Waals surface area contributed by atoms with E-state index in [0.717, 1.165) is 6.54 Å².